The monoisotopic (exact) mass is 184 g/mol. The maximum absolute atomic E-state index is 11.5. The fourth-order valence-electron chi connectivity index (χ4n) is 1.64. The quantitative estimate of drug-likeness (QED) is 0.691. The van der Waals surface area contributed by atoms with Gasteiger partial charge in [0.2, 0.25) is 0 Å². The van der Waals surface area contributed by atoms with E-state index < -0.39 is 0 Å². The van der Waals surface area contributed by atoms with E-state index in [1.165, 1.54) is 0 Å². The van der Waals surface area contributed by atoms with E-state index >= 15 is 0 Å². The summed E-state index contributed by atoms with van der Waals surface area (Å²) in [5, 5.41) is 3.28. The lowest BCUT2D eigenvalue weighted by Crippen LogP contribution is -2.45. The molecule has 1 rings (SSSR count). The van der Waals surface area contributed by atoms with Gasteiger partial charge in [0.15, 0.2) is 0 Å². The van der Waals surface area contributed by atoms with Crippen LogP contribution in [0.1, 0.15) is 20.3 Å². The van der Waals surface area contributed by atoms with Crippen molar-refractivity contribution >= 4 is 5.78 Å². The van der Waals surface area contributed by atoms with Gasteiger partial charge in [-0.05, 0) is 5.92 Å². The SMILES string of the molecule is CC(C)CC(=O)CN1CCNCC1. The normalized spacial score (nSPS) is 19.3. The summed E-state index contributed by atoms with van der Waals surface area (Å²) >= 11 is 0. The lowest BCUT2D eigenvalue weighted by molar-refractivity contribution is -0.121. The van der Waals surface area contributed by atoms with E-state index in [1.54, 1.807) is 0 Å². The molecule has 0 radical (unpaired) electrons. The first-order valence-electron chi connectivity index (χ1n) is 5.13. The highest BCUT2D eigenvalue weighted by Gasteiger charge is 2.13. The Morgan fingerprint density at radius 1 is 1.38 bits per heavy atom. The van der Waals surface area contributed by atoms with Gasteiger partial charge in [0, 0.05) is 32.6 Å². The third-order valence-electron chi connectivity index (χ3n) is 2.25. The Kier molecular flexibility index (Phi) is 4.39. The molecule has 1 aliphatic rings. The number of rotatable bonds is 4. The minimum atomic E-state index is 0.386. The fraction of sp³-hybridized carbons (Fsp3) is 0.900. The van der Waals surface area contributed by atoms with Gasteiger partial charge in [0.1, 0.15) is 5.78 Å². The highest BCUT2D eigenvalue weighted by Crippen LogP contribution is 2.02. The second-order valence-electron chi connectivity index (χ2n) is 4.16. The van der Waals surface area contributed by atoms with Gasteiger partial charge >= 0.3 is 0 Å². The van der Waals surface area contributed by atoms with Crippen molar-refractivity contribution in [1.82, 2.24) is 10.2 Å². The molecule has 0 saturated carbocycles. The Morgan fingerprint density at radius 2 is 2.00 bits per heavy atom. The highest BCUT2D eigenvalue weighted by atomic mass is 16.1. The molecule has 0 aromatic carbocycles. The topological polar surface area (TPSA) is 32.3 Å². The molecule has 0 aromatic heterocycles. The second kappa shape index (κ2) is 5.35. The van der Waals surface area contributed by atoms with E-state index in [0.717, 1.165) is 32.6 Å². The minimum absolute atomic E-state index is 0.386. The molecule has 0 aliphatic carbocycles. The van der Waals surface area contributed by atoms with Gasteiger partial charge in [0.05, 0.1) is 6.54 Å². The average Bonchev–Trinajstić information content (AvgIpc) is 2.04. The highest BCUT2D eigenvalue weighted by molar-refractivity contribution is 5.80. The van der Waals surface area contributed by atoms with Gasteiger partial charge in [-0.1, -0.05) is 13.8 Å². The zero-order valence-electron chi connectivity index (χ0n) is 8.68. The summed E-state index contributed by atoms with van der Waals surface area (Å²) in [6.45, 7) is 8.92. The van der Waals surface area contributed by atoms with Crippen LogP contribution in [0, 0.1) is 5.92 Å². The summed E-state index contributed by atoms with van der Waals surface area (Å²) in [5.41, 5.74) is 0. The molecule has 1 N–H and O–H groups in total. The summed E-state index contributed by atoms with van der Waals surface area (Å²) in [7, 11) is 0. The Labute approximate surface area is 80.5 Å². The first-order valence-corrected chi connectivity index (χ1v) is 5.13. The Balaban J connectivity index is 2.18. The van der Waals surface area contributed by atoms with Crippen molar-refractivity contribution < 1.29 is 4.79 Å². The number of hydrogen-bond donors (Lipinski definition) is 1. The van der Waals surface area contributed by atoms with Crippen LogP contribution in [0.25, 0.3) is 0 Å². The molecule has 0 unspecified atom stereocenters. The van der Waals surface area contributed by atoms with Crippen molar-refractivity contribution in [2.45, 2.75) is 20.3 Å². The molecule has 3 heteroatoms. The van der Waals surface area contributed by atoms with Crippen molar-refractivity contribution in [3.8, 4) is 0 Å². The van der Waals surface area contributed by atoms with Crippen LogP contribution in [0.4, 0.5) is 0 Å². The number of nitrogens with one attached hydrogen (secondary N) is 1. The van der Waals surface area contributed by atoms with Gasteiger partial charge < -0.3 is 5.32 Å². The molecule has 1 saturated heterocycles. The van der Waals surface area contributed by atoms with Crippen LogP contribution in [0.3, 0.4) is 0 Å². The van der Waals surface area contributed by atoms with Crippen molar-refractivity contribution in [1.29, 1.82) is 0 Å². The number of Topliss-reactive ketones (excluding diaryl/α,β-unsaturated/α-hetero) is 1. The molecule has 1 aliphatic heterocycles. The van der Waals surface area contributed by atoms with Crippen LogP contribution in [0.15, 0.2) is 0 Å². The molecule has 0 aromatic rings. The molecule has 0 amide bonds. The standard InChI is InChI=1S/C10H20N2O/c1-9(2)7-10(13)8-12-5-3-11-4-6-12/h9,11H,3-8H2,1-2H3. The maximum Gasteiger partial charge on any atom is 0.147 e. The van der Waals surface area contributed by atoms with Crippen molar-refractivity contribution in [3.63, 3.8) is 0 Å². The third kappa shape index (κ3) is 4.39. The molecule has 1 heterocycles. The molecule has 0 bridgehead atoms. The van der Waals surface area contributed by atoms with Crippen LogP contribution in [-0.2, 0) is 4.79 Å². The minimum Gasteiger partial charge on any atom is -0.314 e. The molecule has 13 heavy (non-hydrogen) atoms. The lowest BCUT2D eigenvalue weighted by Gasteiger charge is -2.26. The number of carbonyl (C=O) groups excluding carboxylic acids is 1. The van der Waals surface area contributed by atoms with Crippen LogP contribution in [-0.4, -0.2) is 43.4 Å². The smallest absolute Gasteiger partial charge is 0.147 e. The van der Waals surface area contributed by atoms with E-state index in [9.17, 15) is 4.79 Å². The van der Waals surface area contributed by atoms with Gasteiger partial charge in [-0.2, -0.15) is 0 Å². The Morgan fingerprint density at radius 3 is 2.54 bits per heavy atom. The second-order valence-corrected chi connectivity index (χ2v) is 4.16. The molecule has 3 nitrogen and oxygen atoms in total. The molecule has 76 valence electrons. The van der Waals surface area contributed by atoms with Crippen LogP contribution >= 0.6 is 0 Å². The zero-order valence-corrected chi connectivity index (χ0v) is 8.68. The molecular weight excluding hydrogens is 164 g/mol. The molecule has 0 atom stereocenters. The van der Waals surface area contributed by atoms with E-state index in [-0.39, 0.29) is 0 Å². The largest absolute Gasteiger partial charge is 0.314 e. The summed E-state index contributed by atoms with van der Waals surface area (Å²) < 4.78 is 0. The van der Waals surface area contributed by atoms with E-state index in [4.69, 9.17) is 0 Å². The Bertz CT molecular complexity index is 162. The zero-order chi connectivity index (χ0) is 9.68. The number of ketones is 1. The molecule has 0 spiro atoms. The lowest BCUT2D eigenvalue weighted by atomic mass is 10.1. The van der Waals surface area contributed by atoms with Crippen LogP contribution in [0.5, 0.6) is 0 Å². The average molecular weight is 184 g/mol. The van der Waals surface area contributed by atoms with Gasteiger partial charge in [-0.15, -0.1) is 0 Å². The first-order chi connectivity index (χ1) is 6.18. The summed E-state index contributed by atoms with van der Waals surface area (Å²) in [4.78, 5) is 13.7. The van der Waals surface area contributed by atoms with Gasteiger partial charge in [-0.3, -0.25) is 9.69 Å². The van der Waals surface area contributed by atoms with Crippen molar-refractivity contribution in [2.75, 3.05) is 32.7 Å². The first kappa shape index (κ1) is 10.7. The van der Waals surface area contributed by atoms with Gasteiger partial charge in [-0.25, -0.2) is 0 Å². The summed E-state index contributed by atoms with van der Waals surface area (Å²) in [5.74, 6) is 0.882. The van der Waals surface area contributed by atoms with Crippen LogP contribution in [0.2, 0.25) is 0 Å². The Hall–Kier alpha value is -0.410. The number of piperazine rings is 1. The fourth-order valence-corrected chi connectivity index (χ4v) is 1.64. The number of nitrogens with zero attached hydrogens (tertiary/aromatic N) is 1. The predicted molar refractivity (Wildman–Crippen MR) is 53.8 cm³/mol. The molecular formula is C10H20N2O. The number of hydrogen-bond acceptors (Lipinski definition) is 3. The maximum atomic E-state index is 11.5. The number of carbonyl (C=O) groups is 1. The van der Waals surface area contributed by atoms with E-state index in [0.29, 0.717) is 18.2 Å². The summed E-state index contributed by atoms with van der Waals surface area (Å²) in [6.07, 6.45) is 0.726. The molecule has 1 fully saturated rings. The summed E-state index contributed by atoms with van der Waals surface area (Å²) in [6, 6.07) is 0. The van der Waals surface area contributed by atoms with Crippen molar-refractivity contribution in [2.24, 2.45) is 5.92 Å². The third-order valence-corrected chi connectivity index (χ3v) is 2.25. The van der Waals surface area contributed by atoms with Gasteiger partial charge in [0.25, 0.3) is 0 Å². The van der Waals surface area contributed by atoms with Crippen molar-refractivity contribution in [3.05, 3.63) is 0 Å². The van der Waals surface area contributed by atoms with Crippen LogP contribution < -0.4 is 5.32 Å². The predicted octanol–water partition coefficient (Wildman–Crippen LogP) is 0.507. The van der Waals surface area contributed by atoms with E-state index in [2.05, 4.69) is 24.1 Å². The van der Waals surface area contributed by atoms with E-state index in [1.807, 2.05) is 0 Å².